The van der Waals surface area contributed by atoms with Gasteiger partial charge in [-0.15, -0.1) is 11.3 Å². The highest BCUT2D eigenvalue weighted by molar-refractivity contribution is 7.07. The third-order valence-corrected chi connectivity index (χ3v) is 6.23. The Morgan fingerprint density at radius 1 is 1.31 bits per heavy atom. The molecular weight excluding hydrogens is 487 g/mol. The zero-order valence-electron chi connectivity index (χ0n) is 20.6. The number of nitrogens with one attached hydrogen (secondary N) is 3. The van der Waals surface area contributed by atoms with Crippen LogP contribution in [0.5, 0.6) is 0 Å². The highest BCUT2D eigenvalue weighted by atomic mass is 32.1. The number of carbonyl (C=O) groups excluding carboxylic acids is 2. The summed E-state index contributed by atoms with van der Waals surface area (Å²) in [6.07, 6.45) is 1.49. The molecule has 194 valence electrons. The molecule has 0 bridgehead atoms. The average molecular weight is 519 g/mol. The van der Waals surface area contributed by atoms with Crippen LogP contribution in [0.1, 0.15) is 13.8 Å². The zero-order chi connectivity index (χ0) is 26.5. The number of methoxy groups -OCH3 is 1. The van der Waals surface area contributed by atoms with Crippen LogP contribution < -0.4 is 30.7 Å². The summed E-state index contributed by atoms with van der Waals surface area (Å²) in [7, 11) is 1.62. The van der Waals surface area contributed by atoms with Crippen molar-refractivity contribution in [1.82, 2.24) is 14.8 Å². The van der Waals surface area contributed by atoms with Gasteiger partial charge in [-0.2, -0.15) is 5.26 Å². The number of aromatic nitrogens is 1. The fourth-order valence-corrected chi connectivity index (χ4v) is 4.33. The molecule has 1 aromatic heterocycles. The van der Waals surface area contributed by atoms with E-state index in [1.54, 1.807) is 38.3 Å². The minimum absolute atomic E-state index is 0.159. The number of carbonyl (C=O) groups is 2. The monoisotopic (exact) mass is 518 g/mol. The van der Waals surface area contributed by atoms with Crippen LogP contribution in [-0.2, 0) is 20.9 Å². The second-order valence-corrected chi connectivity index (χ2v) is 8.56. The first-order valence-electron chi connectivity index (χ1n) is 11.4. The van der Waals surface area contributed by atoms with Gasteiger partial charge in [0.05, 0.1) is 13.2 Å². The molecule has 0 aliphatic heterocycles. The lowest BCUT2D eigenvalue weighted by Gasteiger charge is -2.19. The quantitative estimate of drug-likeness (QED) is 0.351. The molecular formula is C24H31FN6O4S. The molecule has 0 unspecified atom stereocenters. The summed E-state index contributed by atoms with van der Waals surface area (Å²) in [6.45, 7) is 5.10. The number of amides is 2. The largest absolute Gasteiger partial charge is 0.383 e. The Morgan fingerprint density at radius 2 is 2.06 bits per heavy atom. The van der Waals surface area contributed by atoms with E-state index in [4.69, 9.17) is 4.74 Å². The summed E-state index contributed by atoms with van der Waals surface area (Å²) in [5.41, 5.74) is 0.602. The molecule has 12 heteroatoms. The fourth-order valence-electron chi connectivity index (χ4n) is 3.25. The lowest BCUT2D eigenvalue weighted by atomic mass is 10.2. The summed E-state index contributed by atoms with van der Waals surface area (Å²) in [6, 6.07) is 8.83. The Balaban J connectivity index is 2.25. The molecule has 1 aromatic carbocycles. The van der Waals surface area contributed by atoms with E-state index in [1.165, 1.54) is 10.8 Å². The first-order valence-corrected chi connectivity index (χ1v) is 12.3. The van der Waals surface area contributed by atoms with Crippen LogP contribution in [0.4, 0.5) is 15.8 Å². The molecule has 0 spiro atoms. The highest BCUT2D eigenvalue weighted by Gasteiger charge is 2.15. The molecule has 2 rings (SSSR count). The minimum Gasteiger partial charge on any atom is -0.383 e. The topological polar surface area (TPSA) is 128 Å². The summed E-state index contributed by atoms with van der Waals surface area (Å²) in [5, 5.41) is 17.7. The minimum atomic E-state index is -0.761. The average Bonchev–Trinajstić information content (AvgIpc) is 3.19. The lowest BCUT2D eigenvalue weighted by molar-refractivity contribution is -0.117. The van der Waals surface area contributed by atoms with Gasteiger partial charge >= 0.3 is 0 Å². The summed E-state index contributed by atoms with van der Waals surface area (Å²) in [5.74, 6) is -0.890. The highest BCUT2D eigenvalue weighted by Crippen LogP contribution is 2.15. The number of anilines is 2. The van der Waals surface area contributed by atoms with E-state index >= 15 is 0 Å². The number of rotatable bonds is 13. The van der Waals surface area contributed by atoms with Crippen LogP contribution in [0.15, 0.2) is 29.1 Å². The molecule has 3 N–H and O–H groups in total. The summed E-state index contributed by atoms with van der Waals surface area (Å²) < 4.78 is 19.3. The van der Waals surface area contributed by atoms with Gasteiger partial charge in [0.1, 0.15) is 21.9 Å². The second-order valence-electron chi connectivity index (χ2n) is 7.53. The van der Waals surface area contributed by atoms with Crippen molar-refractivity contribution in [3.8, 4) is 6.07 Å². The van der Waals surface area contributed by atoms with Gasteiger partial charge in [0.2, 0.25) is 5.91 Å². The van der Waals surface area contributed by atoms with Crippen molar-refractivity contribution in [2.75, 3.05) is 57.2 Å². The smallest absolute Gasteiger partial charge is 0.270 e. The molecule has 0 aliphatic carbocycles. The second kappa shape index (κ2) is 14.8. The molecule has 0 atom stereocenters. The number of alkyl halides is 1. The van der Waals surface area contributed by atoms with Gasteiger partial charge in [0.15, 0.2) is 5.57 Å². The van der Waals surface area contributed by atoms with Gasteiger partial charge < -0.3 is 20.7 Å². The van der Waals surface area contributed by atoms with Crippen molar-refractivity contribution >= 4 is 46.3 Å². The van der Waals surface area contributed by atoms with Crippen molar-refractivity contribution in [3.63, 3.8) is 0 Å². The third kappa shape index (κ3) is 8.01. The number of nitriles is 1. The van der Waals surface area contributed by atoms with E-state index in [-0.39, 0.29) is 45.9 Å². The van der Waals surface area contributed by atoms with Gasteiger partial charge in [-0.1, -0.05) is 13.0 Å². The molecule has 2 aromatic rings. The van der Waals surface area contributed by atoms with E-state index in [0.29, 0.717) is 31.1 Å². The Morgan fingerprint density at radius 3 is 2.69 bits per heavy atom. The van der Waals surface area contributed by atoms with Gasteiger partial charge in [0, 0.05) is 44.3 Å². The number of nitrogens with zero attached hydrogens (tertiary/aromatic N) is 3. The summed E-state index contributed by atoms with van der Waals surface area (Å²) >= 11 is 0.988. The van der Waals surface area contributed by atoms with Crippen LogP contribution in [0.25, 0.3) is 11.8 Å². The van der Waals surface area contributed by atoms with E-state index in [0.717, 1.165) is 11.3 Å². The first-order chi connectivity index (χ1) is 17.4. The number of ether oxygens (including phenoxy) is 1. The summed E-state index contributed by atoms with van der Waals surface area (Å²) in [4.78, 5) is 39.5. The Bertz CT molecular complexity index is 1270. The van der Waals surface area contributed by atoms with Crippen molar-refractivity contribution in [3.05, 3.63) is 43.8 Å². The van der Waals surface area contributed by atoms with Crippen molar-refractivity contribution in [2.24, 2.45) is 0 Å². The number of hydrogen-bond acceptors (Lipinski definition) is 8. The molecule has 0 saturated carbocycles. The number of thiazole rings is 1. The Kier molecular flexibility index (Phi) is 11.8. The fraction of sp³-hybridized carbons (Fsp3) is 0.417. The Hall–Kier alpha value is -3.53. The maximum atomic E-state index is 12.8. The van der Waals surface area contributed by atoms with Crippen molar-refractivity contribution < 1.29 is 18.7 Å². The van der Waals surface area contributed by atoms with E-state index in [9.17, 15) is 24.0 Å². The molecule has 36 heavy (non-hydrogen) atoms. The standard InChI is InChI=1S/C24H31FN6O4S/c1-4-30(11-12-35-3)16-21(32)29-18-8-6-7-17(13-18)28-15-20-23(34)31(5-2)24(36-20)19(14-26)22(33)27-10-9-25/h6-8,13,15,28H,4-5,9-12,16H2,1-3H3,(H,27,33)(H,29,32). The number of halogens is 1. The molecule has 10 nitrogen and oxygen atoms in total. The van der Waals surface area contributed by atoms with Crippen LogP contribution in [-0.4, -0.2) is 67.9 Å². The molecule has 0 radical (unpaired) electrons. The first kappa shape index (κ1) is 28.7. The Labute approximate surface area is 212 Å². The van der Waals surface area contributed by atoms with Gasteiger partial charge in [-0.25, -0.2) is 4.39 Å². The van der Waals surface area contributed by atoms with Crippen molar-refractivity contribution in [2.45, 2.75) is 20.4 Å². The number of likely N-dealkylation sites (N-methyl/N-ethyl adjacent to an activating group) is 1. The lowest BCUT2D eigenvalue weighted by Crippen LogP contribution is -2.35. The van der Waals surface area contributed by atoms with Gasteiger partial charge in [-0.3, -0.25) is 23.9 Å². The van der Waals surface area contributed by atoms with E-state index in [2.05, 4.69) is 16.0 Å². The van der Waals surface area contributed by atoms with Crippen LogP contribution in [0.3, 0.4) is 0 Å². The molecule has 0 saturated heterocycles. The molecule has 0 aliphatic rings. The number of benzene rings is 1. The maximum Gasteiger partial charge on any atom is 0.270 e. The van der Waals surface area contributed by atoms with Crippen molar-refractivity contribution in [1.29, 1.82) is 5.26 Å². The molecule has 2 amide bonds. The maximum absolute atomic E-state index is 12.8. The third-order valence-electron chi connectivity index (χ3n) is 5.10. The molecule has 0 fully saturated rings. The van der Waals surface area contributed by atoms with Crippen LogP contribution in [0, 0.1) is 11.3 Å². The zero-order valence-corrected chi connectivity index (χ0v) is 21.4. The van der Waals surface area contributed by atoms with Crippen LogP contribution >= 0.6 is 11.3 Å². The molecule has 1 heterocycles. The predicted octanol–water partition coefficient (Wildman–Crippen LogP) is 0.447. The van der Waals surface area contributed by atoms with Gasteiger partial charge in [0.25, 0.3) is 11.5 Å². The predicted molar refractivity (Wildman–Crippen MR) is 139 cm³/mol. The van der Waals surface area contributed by atoms with Crippen LogP contribution in [0.2, 0.25) is 0 Å². The van der Waals surface area contributed by atoms with E-state index in [1.807, 2.05) is 17.9 Å². The SMILES string of the molecule is CCN(CCOC)CC(=O)Nc1cccc(NC=c2sc(=C(C#N)C(=O)NCCF)n(CC)c2=O)c1. The normalized spacial score (nSPS) is 12.3. The number of hydrogen-bond donors (Lipinski definition) is 3. The van der Waals surface area contributed by atoms with Gasteiger partial charge in [-0.05, 0) is 31.7 Å². The van der Waals surface area contributed by atoms with E-state index < -0.39 is 12.6 Å².